The molecule has 4 rings (SSSR count). The normalized spacial score (nSPS) is 16.8. The average Bonchev–Trinajstić information content (AvgIpc) is 3.32. The number of nitrogens with zero attached hydrogens (tertiary/aromatic N) is 4. The molecule has 0 radical (unpaired) electrons. The van der Waals surface area contributed by atoms with E-state index in [-0.39, 0.29) is 0 Å². The van der Waals surface area contributed by atoms with E-state index in [1.54, 1.807) is 6.07 Å². The predicted molar refractivity (Wildman–Crippen MR) is 123 cm³/mol. The summed E-state index contributed by atoms with van der Waals surface area (Å²) in [5.74, 6) is 8.34. The molecule has 2 fully saturated rings. The summed E-state index contributed by atoms with van der Waals surface area (Å²) in [6.07, 6.45) is 6.71. The number of nitrogens with two attached hydrogens (primary N) is 1. The average molecular weight is 441 g/mol. The van der Waals surface area contributed by atoms with Crippen molar-refractivity contribution in [1.82, 2.24) is 25.5 Å². The Labute approximate surface area is 188 Å². The maximum atomic E-state index is 5.95. The Morgan fingerprint density at radius 2 is 2.12 bits per heavy atom. The monoisotopic (exact) mass is 440 g/mol. The Hall–Kier alpha value is -3.11. The van der Waals surface area contributed by atoms with Crippen molar-refractivity contribution in [2.24, 2.45) is 11.8 Å². The van der Waals surface area contributed by atoms with Crippen LogP contribution in [0.25, 0.3) is 0 Å². The van der Waals surface area contributed by atoms with Crippen molar-refractivity contribution < 1.29 is 9.26 Å². The van der Waals surface area contributed by atoms with Gasteiger partial charge in [-0.1, -0.05) is 11.7 Å². The van der Waals surface area contributed by atoms with E-state index in [1.165, 1.54) is 12.8 Å². The van der Waals surface area contributed by atoms with Crippen molar-refractivity contribution in [3.8, 4) is 5.88 Å². The van der Waals surface area contributed by atoms with Gasteiger partial charge in [0, 0.05) is 36.0 Å². The topological polar surface area (TPSA) is 126 Å². The lowest BCUT2D eigenvalue weighted by molar-refractivity contribution is 0.232. The Morgan fingerprint density at radius 3 is 2.81 bits per heavy atom. The van der Waals surface area contributed by atoms with Gasteiger partial charge in [0.25, 0.3) is 0 Å². The number of ether oxygens (including phenoxy) is 1. The van der Waals surface area contributed by atoms with Crippen molar-refractivity contribution in [1.29, 1.82) is 0 Å². The van der Waals surface area contributed by atoms with Crippen LogP contribution in [-0.4, -0.2) is 46.3 Å². The first-order chi connectivity index (χ1) is 15.6. The van der Waals surface area contributed by atoms with Crippen LogP contribution >= 0.6 is 0 Å². The van der Waals surface area contributed by atoms with Gasteiger partial charge in [0.1, 0.15) is 12.4 Å². The van der Waals surface area contributed by atoms with E-state index < -0.39 is 0 Å². The molecular formula is C22H32N8O2. The van der Waals surface area contributed by atoms with Crippen LogP contribution in [0.2, 0.25) is 0 Å². The Kier molecular flexibility index (Phi) is 7.23. The maximum Gasteiger partial charge on any atom is 0.228 e. The highest BCUT2D eigenvalue weighted by Gasteiger charge is 2.25. The largest absolute Gasteiger partial charge is 0.476 e. The molecule has 0 aromatic carbocycles. The summed E-state index contributed by atoms with van der Waals surface area (Å²) in [7, 11) is 0. The predicted octanol–water partition coefficient (Wildman–Crippen LogP) is 2.54. The lowest BCUT2D eigenvalue weighted by Crippen LogP contribution is -2.25. The van der Waals surface area contributed by atoms with Crippen molar-refractivity contribution in [3.05, 3.63) is 47.6 Å². The van der Waals surface area contributed by atoms with Crippen LogP contribution in [0.5, 0.6) is 5.88 Å². The SMILES string of the molecule is C=C(/C=C(\NN)C1CC1)Nc1cc(OCCN2CCCC2)nc(NCc2cc(C)no2)n1. The number of anilines is 2. The van der Waals surface area contributed by atoms with Gasteiger partial charge in [0.15, 0.2) is 5.76 Å². The summed E-state index contributed by atoms with van der Waals surface area (Å²) in [5, 5.41) is 10.3. The molecule has 10 nitrogen and oxygen atoms in total. The number of hydrogen-bond acceptors (Lipinski definition) is 10. The van der Waals surface area contributed by atoms with E-state index in [2.05, 4.69) is 42.7 Å². The van der Waals surface area contributed by atoms with Gasteiger partial charge in [0.05, 0.1) is 12.2 Å². The Balaban J connectivity index is 1.43. The number of aryl methyl sites for hydroxylation is 1. The molecule has 1 saturated carbocycles. The molecule has 2 aliphatic rings. The highest BCUT2D eigenvalue weighted by atomic mass is 16.5. The number of hydrogen-bond donors (Lipinski definition) is 4. The lowest BCUT2D eigenvalue weighted by atomic mass is 10.2. The molecule has 2 aromatic heterocycles. The quantitative estimate of drug-likeness (QED) is 0.222. The maximum absolute atomic E-state index is 5.95. The molecule has 0 spiro atoms. The number of nitrogens with one attached hydrogen (secondary N) is 3. The third-order valence-corrected chi connectivity index (χ3v) is 5.46. The highest BCUT2D eigenvalue weighted by Crippen LogP contribution is 2.35. The molecular weight excluding hydrogens is 408 g/mol. The summed E-state index contributed by atoms with van der Waals surface area (Å²) in [6, 6.07) is 3.65. The minimum absolute atomic E-state index is 0.418. The summed E-state index contributed by atoms with van der Waals surface area (Å²) in [5.41, 5.74) is 5.25. The minimum Gasteiger partial charge on any atom is -0.476 e. The Morgan fingerprint density at radius 1 is 1.31 bits per heavy atom. The summed E-state index contributed by atoms with van der Waals surface area (Å²) >= 11 is 0. The zero-order valence-electron chi connectivity index (χ0n) is 18.6. The second-order valence-corrected chi connectivity index (χ2v) is 8.27. The molecule has 32 heavy (non-hydrogen) atoms. The van der Waals surface area contributed by atoms with Crippen LogP contribution in [0.3, 0.4) is 0 Å². The van der Waals surface area contributed by atoms with Gasteiger partial charge in [0.2, 0.25) is 11.8 Å². The third-order valence-electron chi connectivity index (χ3n) is 5.46. The van der Waals surface area contributed by atoms with E-state index in [0.29, 0.717) is 48.2 Å². The van der Waals surface area contributed by atoms with E-state index >= 15 is 0 Å². The van der Waals surface area contributed by atoms with Crippen LogP contribution in [0.4, 0.5) is 11.8 Å². The molecule has 10 heteroatoms. The van der Waals surface area contributed by atoms with E-state index in [1.807, 2.05) is 19.1 Å². The van der Waals surface area contributed by atoms with Crippen LogP contribution < -0.4 is 26.6 Å². The van der Waals surface area contributed by atoms with Gasteiger partial charge in [-0.05, 0) is 51.8 Å². The molecule has 1 saturated heterocycles. The van der Waals surface area contributed by atoms with Crippen molar-refractivity contribution >= 4 is 11.8 Å². The fourth-order valence-corrected chi connectivity index (χ4v) is 3.65. The van der Waals surface area contributed by atoms with Crippen LogP contribution in [0.15, 0.2) is 40.7 Å². The molecule has 1 aliphatic heterocycles. The molecule has 0 atom stereocenters. The van der Waals surface area contributed by atoms with Crippen LogP contribution in [0, 0.1) is 12.8 Å². The molecule has 2 aromatic rings. The van der Waals surface area contributed by atoms with E-state index in [4.69, 9.17) is 15.1 Å². The van der Waals surface area contributed by atoms with Gasteiger partial charge >= 0.3 is 0 Å². The molecule has 172 valence electrons. The summed E-state index contributed by atoms with van der Waals surface area (Å²) in [4.78, 5) is 11.4. The Bertz CT molecular complexity index is 947. The number of rotatable bonds is 12. The number of aromatic nitrogens is 3. The number of allylic oxidation sites excluding steroid dienone is 2. The van der Waals surface area contributed by atoms with Gasteiger partial charge in [-0.2, -0.15) is 9.97 Å². The van der Waals surface area contributed by atoms with Gasteiger partial charge in [-0.15, -0.1) is 0 Å². The summed E-state index contributed by atoms with van der Waals surface area (Å²) in [6.45, 7) is 10.1. The lowest BCUT2D eigenvalue weighted by Gasteiger charge is -2.16. The molecule has 5 N–H and O–H groups in total. The van der Waals surface area contributed by atoms with E-state index in [0.717, 1.165) is 43.9 Å². The second-order valence-electron chi connectivity index (χ2n) is 8.27. The van der Waals surface area contributed by atoms with Gasteiger partial charge < -0.3 is 25.3 Å². The fraction of sp³-hybridized carbons (Fsp3) is 0.500. The first kappa shape index (κ1) is 22.1. The second kappa shape index (κ2) is 10.5. The van der Waals surface area contributed by atoms with Crippen molar-refractivity contribution in [2.45, 2.75) is 39.2 Å². The highest BCUT2D eigenvalue weighted by molar-refractivity contribution is 5.50. The van der Waals surface area contributed by atoms with Crippen molar-refractivity contribution in [3.63, 3.8) is 0 Å². The molecule has 0 unspecified atom stereocenters. The molecule has 1 aliphatic carbocycles. The number of hydrazine groups is 1. The van der Waals surface area contributed by atoms with Crippen LogP contribution in [0.1, 0.15) is 37.1 Å². The molecule has 3 heterocycles. The zero-order valence-corrected chi connectivity index (χ0v) is 18.6. The smallest absolute Gasteiger partial charge is 0.228 e. The van der Waals surface area contributed by atoms with Crippen molar-refractivity contribution in [2.75, 3.05) is 36.9 Å². The number of likely N-dealkylation sites (tertiary alicyclic amines) is 1. The standard InChI is InChI=1S/C22H32N8O2/c1-15(12-19(28-23)17-5-6-17)25-20-13-21(31-10-9-30-7-3-4-8-30)27-22(26-20)24-14-18-11-16(2)29-32-18/h11-13,17,28H,1,3-10,14,23H2,2H3,(H2,24,25,26,27)/b19-12-. The third kappa shape index (κ3) is 6.44. The van der Waals surface area contributed by atoms with E-state index in [9.17, 15) is 0 Å². The summed E-state index contributed by atoms with van der Waals surface area (Å²) < 4.78 is 11.2. The van der Waals surface area contributed by atoms with Gasteiger partial charge in [-0.25, -0.2) is 0 Å². The van der Waals surface area contributed by atoms with Gasteiger partial charge in [-0.3, -0.25) is 10.7 Å². The zero-order chi connectivity index (χ0) is 22.3. The van der Waals surface area contributed by atoms with Crippen LogP contribution in [-0.2, 0) is 6.54 Å². The first-order valence-electron chi connectivity index (χ1n) is 11.1. The molecule has 0 bridgehead atoms. The fourth-order valence-electron chi connectivity index (χ4n) is 3.65. The minimum atomic E-state index is 0.418. The molecule has 0 amide bonds. The first-order valence-corrected chi connectivity index (χ1v) is 11.1.